The number of hydrogen-bond acceptors (Lipinski definition) is 5. The van der Waals surface area contributed by atoms with E-state index in [1.165, 1.54) is 30.2 Å². The van der Waals surface area contributed by atoms with Gasteiger partial charge in [0.05, 0.1) is 23.3 Å². The normalized spacial score (nSPS) is 12.3. The van der Waals surface area contributed by atoms with E-state index in [1.807, 2.05) is 32.0 Å². The number of rotatable bonds is 14. The van der Waals surface area contributed by atoms with E-state index in [9.17, 15) is 31.2 Å². The SMILES string of the molecule is COc1cccc(CN(C(=O)CN(c2cccc(C(F)(F)F)c2)S(=O)(=O)c2ccc(C)cc2)[C@H](Cc2ccccc2)C(=O)NCC(C)C)c1. The minimum atomic E-state index is -4.77. The first-order valence-corrected chi connectivity index (χ1v) is 17.1. The molecule has 0 heterocycles. The van der Waals surface area contributed by atoms with Gasteiger partial charge in [0, 0.05) is 19.5 Å². The highest BCUT2D eigenvalue weighted by atomic mass is 32.2. The van der Waals surface area contributed by atoms with Crippen LogP contribution in [0, 0.1) is 12.8 Å². The molecular formula is C37H40F3N3O5S. The fourth-order valence-corrected chi connectivity index (χ4v) is 6.55. The lowest BCUT2D eigenvalue weighted by Gasteiger charge is -2.34. The highest BCUT2D eigenvalue weighted by Gasteiger charge is 2.36. The number of sulfonamides is 1. The summed E-state index contributed by atoms with van der Waals surface area (Å²) < 4.78 is 75.8. The average molecular weight is 696 g/mol. The fourth-order valence-electron chi connectivity index (χ4n) is 5.15. The van der Waals surface area contributed by atoms with Gasteiger partial charge in [-0.15, -0.1) is 0 Å². The molecule has 0 radical (unpaired) electrons. The Morgan fingerprint density at radius 3 is 2.14 bits per heavy atom. The van der Waals surface area contributed by atoms with Crippen molar-refractivity contribution in [3.8, 4) is 5.75 Å². The second-order valence-corrected chi connectivity index (χ2v) is 14.0. The number of ether oxygens (including phenoxy) is 1. The first-order valence-electron chi connectivity index (χ1n) is 15.7. The number of halogens is 3. The Kier molecular flexibility index (Phi) is 12.1. The van der Waals surface area contributed by atoms with Crippen molar-refractivity contribution >= 4 is 27.5 Å². The maximum absolute atomic E-state index is 14.6. The van der Waals surface area contributed by atoms with Crippen molar-refractivity contribution in [2.45, 2.75) is 50.9 Å². The second kappa shape index (κ2) is 16.0. The van der Waals surface area contributed by atoms with Crippen LogP contribution in [-0.4, -0.2) is 51.4 Å². The van der Waals surface area contributed by atoms with E-state index in [0.717, 1.165) is 23.3 Å². The van der Waals surface area contributed by atoms with E-state index in [2.05, 4.69) is 5.32 Å². The Morgan fingerprint density at radius 2 is 1.51 bits per heavy atom. The fraction of sp³-hybridized carbons (Fsp3) is 0.297. The molecule has 0 spiro atoms. The van der Waals surface area contributed by atoms with Crippen LogP contribution in [0.3, 0.4) is 0 Å². The number of carbonyl (C=O) groups excluding carboxylic acids is 2. The maximum atomic E-state index is 14.6. The summed E-state index contributed by atoms with van der Waals surface area (Å²) in [6.45, 7) is 4.93. The molecule has 4 aromatic rings. The summed E-state index contributed by atoms with van der Waals surface area (Å²) in [6.07, 6.45) is -4.68. The Bertz CT molecular complexity index is 1830. The Labute approximate surface area is 285 Å². The van der Waals surface area contributed by atoms with Gasteiger partial charge in [-0.3, -0.25) is 13.9 Å². The molecule has 0 unspecified atom stereocenters. The predicted molar refractivity (Wildman–Crippen MR) is 182 cm³/mol. The summed E-state index contributed by atoms with van der Waals surface area (Å²) in [7, 11) is -3.09. The topological polar surface area (TPSA) is 96.0 Å². The largest absolute Gasteiger partial charge is 0.497 e. The van der Waals surface area contributed by atoms with E-state index in [1.54, 1.807) is 55.5 Å². The van der Waals surface area contributed by atoms with Crippen molar-refractivity contribution in [1.29, 1.82) is 0 Å². The van der Waals surface area contributed by atoms with Crippen LogP contribution in [-0.2, 0) is 38.8 Å². The van der Waals surface area contributed by atoms with Gasteiger partial charge in [-0.2, -0.15) is 13.2 Å². The number of alkyl halides is 3. The van der Waals surface area contributed by atoms with Crippen molar-refractivity contribution in [2.24, 2.45) is 5.92 Å². The smallest absolute Gasteiger partial charge is 0.416 e. The van der Waals surface area contributed by atoms with Crippen molar-refractivity contribution in [1.82, 2.24) is 10.2 Å². The first kappa shape index (κ1) is 37.0. The third-order valence-corrected chi connectivity index (χ3v) is 9.58. The van der Waals surface area contributed by atoms with Crippen LogP contribution >= 0.6 is 0 Å². The molecule has 0 aliphatic heterocycles. The van der Waals surface area contributed by atoms with E-state index in [-0.39, 0.29) is 29.5 Å². The van der Waals surface area contributed by atoms with E-state index in [4.69, 9.17) is 4.74 Å². The molecule has 0 aliphatic rings. The molecule has 0 saturated heterocycles. The van der Waals surface area contributed by atoms with E-state index < -0.39 is 46.2 Å². The molecule has 4 aromatic carbocycles. The zero-order valence-electron chi connectivity index (χ0n) is 27.8. The van der Waals surface area contributed by atoms with Gasteiger partial charge in [0.15, 0.2) is 0 Å². The van der Waals surface area contributed by atoms with Crippen LogP contribution in [0.2, 0.25) is 0 Å². The number of anilines is 1. The molecule has 1 N–H and O–H groups in total. The van der Waals surface area contributed by atoms with E-state index in [0.29, 0.717) is 28.2 Å². The lowest BCUT2D eigenvalue weighted by Crippen LogP contribution is -2.53. The van der Waals surface area contributed by atoms with Crippen LogP contribution in [0.4, 0.5) is 18.9 Å². The Morgan fingerprint density at radius 1 is 0.857 bits per heavy atom. The average Bonchev–Trinajstić information content (AvgIpc) is 3.07. The molecule has 2 amide bonds. The number of aryl methyl sites for hydroxylation is 1. The molecule has 260 valence electrons. The highest BCUT2D eigenvalue weighted by Crippen LogP contribution is 2.33. The monoisotopic (exact) mass is 695 g/mol. The van der Waals surface area contributed by atoms with Gasteiger partial charge in [-0.1, -0.05) is 80.1 Å². The number of carbonyl (C=O) groups is 2. The molecule has 0 bridgehead atoms. The Balaban J connectivity index is 1.85. The van der Waals surface area contributed by atoms with Gasteiger partial charge in [-0.25, -0.2) is 8.42 Å². The quantitative estimate of drug-likeness (QED) is 0.160. The van der Waals surface area contributed by atoms with Gasteiger partial charge in [0.1, 0.15) is 18.3 Å². The maximum Gasteiger partial charge on any atom is 0.416 e. The van der Waals surface area contributed by atoms with Crippen LogP contribution in [0.5, 0.6) is 5.75 Å². The number of benzene rings is 4. The van der Waals surface area contributed by atoms with Gasteiger partial charge in [0.25, 0.3) is 10.0 Å². The standard InChI is InChI=1S/C37H40F3N3O5S/c1-26(2)23-41-36(45)34(21-28-10-6-5-7-11-28)42(24-29-12-8-15-32(20-29)48-4)35(44)25-43(31-14-9-13-30(22-31)37(38,39)40)49(46,47)33-18-16-27(3)17-19-33/h5-20,22,26,34H,21,23-25H2,1-4H3,(H,41,45)/t34-/m1/s1. The van der Waals surface area contributed by atoms with E-state index >= 15 is 0 Å². The molecular weight excluding hydrogens is 655 g/mol. The Hall–Kier alpha value is -4.84. The molecule has 8 nitrogen and oxygen atoms in total. The third-order valence-electron chi connectivity index (χ3n) is 7.79. The summed E-state index contributed by atoms with van der Waals surface area (Å²) in [5.41, 5.74) is 0.673. The zero-order chi connectivity index (χ0) is 35.8. The lowest BCUT2D eigenvalue weighted by atomic mass is 10.0. The molecule has 0 aromatic heterocycles. The summed E-state index contributed by atoms with van der Waals surface area (Å²) in [5, 5.41) is 2.90. The summed E-state index contributed by atoms with van der Waals surface area (Å²) in [4.78, 5) is 29.5. The molecule has 0 fully saturated rings. The lowest BCUT2D eigenvalue weighted by molar-refractivity contribution is -0.140. The molecule has 12 heteroatoms. The summed E-state index contributed by atoms with van der Waals surface area (Å²) in [6, 6.07) is 24.4. The molecule has 0 saturated carbocycles. The summed E-state index contributed by atoms with van der Waals surface area (Å²) in [5.74, 6) is -0.654. The molecule has 1 atom stereocenters. The van der Waals surface area contributed by atoms with Crippen molar-refractivity contribution in [3.63, 3.8) is 0 Å². The van der Waals surface area contributed by atoms with Crippen molar-refractivity contribution in [3.05, 3.63) is 125 Å². The predicted octanol–water partition coefficient (Wildman–Crippen LogP) is 6.63. The van der Waals surface area contributed by atoms with Gasteiger partial charge in [-0.05, 0) is 66.4 Å². The molecule has 4 rings (SSSR count). The minimum Gasteiger partial charge on any atom is -0.497 e. The first-order chi connectivity index (χ1) is 23.2. The zero-order valence-corrected chi connectivity index (χ0v) is 28.6. The highest BCUT2D eigenvalue weighted by molar-refractivity contribution is 7.92. The summed E-state index contributed by atoms with van der Waals surface area (Å²) >= 11 is 0. The molecule has 0 aliphatic carbocycles. The van der Waals surface area contributed by atoms with Gasteiger partial charge in [0.2, 0.25) is 11.8 Å². The number of hydrogen-bond donors (Lipinski definition) is 1. The van der Waals surface area contributed by atoms with Crippen LogP contribution < -0.4 is 14.4 Å². The van der Waals surface area contributed by atoms with Crippen LogP contribution in [0.25, 0.3) is 0 Å². The van der Waals surface area contributed by atoms with Gasteiger partial charge >= 0.3 is 6.18 Å². The minimum absolute atomic E-state index is 0.0920. The van der Waals surface area contributed by atoms with Crippen LogP contribution in [0.1, 0.15) is 36.1 Å². The van der Waals surface area contributed by atoms with Crippen molar-refractivity contribution < 1.29 is 35.9 Å². The van der Waals surface area contributed by atoms with Gasteiger partial charge < -0.3 is 15.0 Å². The number of nitrogens with one attached hydrogen (secondary N) is 1. The van der Waals surface area contributed by atoms with Crippen molar-refractivity contribution in [2.75, 3.05) is 24.5 Å². The second-order valence-electron chi connectivity index (χ2n) is 12.1. The third kappa shape index (κ3) is 9.85. The molecule has 49 heavy (non-hydrogen) atoms. The number of nitrogens with zero attached hydrogens (tertiary/aromatic N) is 2. The number of methoxy groups -OCH3 is 1. The van der Waals surface area contributed by atoms with Crippen LogP contribution in [0.15, 0.2) is 108 Å². The number of amides is 2.